The van der Waals surface area contributed by atoms with Gasteiger partial charge in [-0.1, -0.05) is 49.7 Å². The third-order valence-electron chi connectivity index (χ3n) is 5.52. The average molecular weight is 638 g/mol. The molecule has 0 spiro atoms. The van der Waals surface area contributed by atoms with Crippen LogP contribution in [0.5, 0.6) is 0 Å². The molecule has 2 N–H and O–H groups in total. The van der Waals surface area contributed by atoms with Gasteiger partial charge >= 0.3 is 10.2 Å². The van der Waals surface area contributed by atoms with Crippen LogP contribution < -0.4 is 10.6 Å². The van der Waals surface area contributed by atoms with E-state index in [1.54, 1.807) is 0 Å². The van der Waals surface area contributed by atoms with Crippen molar-refractivity contribution in [2.45, 2.75) is 22.1 Å². The van der Waals surface area contributed by atoms with E-state index in [9.17, 15) is 37.8 Å². The molecular formula is C24H18Cl3F7N2O2S. The molecule has 4 nitrogen and oxygen atoms in total. The molecule has 2 amide bonds. The first-order valence-corrected chi connectivity index (χ1v) is 13.7. The molecule has 1 aliphatic rings. The molecule has 2 aromatic rings. The van der Waals surface area contributed by atoms with Crippen molar-refractivity contribution in [3.05, 3.63) is 94.7 Å². The van der Waals surface area contributed by atoms with Gasteiger partial charge in [-0.05, 0) is 55.0 Å². The Kier molecular flexibility index (Phi) is 7.72. The zero-order chi connectivity index (χ0) is 29.6. The minimum atomic E-state index is -9.89. The van der Waals surface area contributed by atoms with E-state index >= 15 is 0 Å². The molecule has 2 atom stereocenters. The molecule has 39 heavy (non-hydrogen) atoms. The number of amides is 2. The van der Waals surface area contributed by atoms with E-state index in [4.69, 9.17) is 34.8 Å². The lowest BCUT2D eigenvalue weighted by atomic mass is 10.1. The van der Waals surface area contributed by atoms with Crippen LogP contribution in [-0.4, -0.2) is 16.1 Å². The molecule has 2 aromatic carbocycles. The van der Waals surface area contributed by atoms with Gasteiger partial charge in [0.1, 0.15) is 15.1 Å². The number of rotatable bonds is 8. The number of nitrogens with one attached hydrogen (secondary N) is 2. The molecular weight excluding hydrogens is 620 g/mol. The van der Waals surface area contributed by atoms with Gasteiger partial charge in [-0.15, -0.1) is 23.2 Å². The number of anilines is 1. The Balaban J connectivity index is 1.79. The van der Waals surface area contributed by atoms with Gasteiger partial charge in [-0.2, -0.15) is 0 Å². The van der Waals surface area contributed by atoms with Gasteiger partial charge in [-0.25, -0.2) is 8.78 Å². The van der Waals surface area contributed by atoms with Crippen molar-refractivity contribution in [3.8, 4) is 0 Å². The molecule has 15 heteroatoms. The van der Waals surface area contributed by atoms with Crippen molar-refractivity contribution in [1.29, 1.82) is 0 Å². The predicted octanol–water partition coefficient (Wildman–Crippen LogP) is 9.49. The highest BCUT2D eigenvalue weighted by atomic mass is 35.5. The lowest BCUT2D eigenvalue weighted by Gasteiger charge is -2.40. The summed E-state index contributed by atoms with van der Waals surface area (Å²) in [6.45, 7) is 4.14. The number of benzene rings is 2. The second-order valence-corrected chi connectivity index (χ2v) is 12.8. The van der Waals surface area contributed by atoms with E-state index < -0.39 is 60.5 Å². The molecule has 1 aliphatic carbocycles. The molecule has 3 rings (SSSR count). The van der Waals surface area contributed by atoms with Crippen LogP contribution in [0.1, 0.15) is 28.8 Å². The van der Waals surface area contributed by atoms with E-state index in [1.165, 1.54) is 12.1 Å². The zero-order valence-electron chi connectivity index (χ0n) is 19.6. The van der Waals surface area contributed by atoms with Gasteiger partial charge in [0.25, 0.3) is 5.91 Å². The molecule has 2 unspecified atom stereocenters. The summed E-state index contributed by atoms with van der Waals surface area (Å²) in [5.74, 6) is -5.69. The lowest BCUT2D eigenvalue weighted by Crippen LogP contribution is -2.24. The number of hydrogen-bond donors (Lipinski definition) is 2. The van der Waals surface area contributed by atoms with Gasteiger partial charge in [-0.3, -0.25) is 9.59 Å². The van der Waals surface area contributed by atoms with E-state index in [1.807, 2.05) is 0 Å². The highest BCUT2D eigenvalue weighted by Crippen LogP contribution is 3.02. The second-order valence-electron chi connectivity index (χ2n) is 8.54. The fraction of sp³-hybridized carbons (Fsp3) is 0.167. The maximum absolute atomic E-state index is 13.7. The van der Waals surface area contributed by atoms with Crippen molar-refractivity contribution in [2.75, 3.05) is 5.32 Å². The minimum Gasteiger partial charge on any atom is -0.326 e. The average Bonchev–Trinajstić information content (AvgIpc) is 3.37. The van der Waals surface area contributed by atoms with Crippen LogP contribution in [-0.2, 0) is 4.79 Å². The topological polar surface area (TPSA) is 58.2 Å². The quantitative estimate of drug-likeness (QED) is 0.172. The van der Waals surface area contributed by atoms with Crippen molar-refractivity contribution < 1.29 is 37.8 Å². The van der Waals surface area contributed by atoms with Crippen LogP contribution in [0.15, 0.2) is 83.4 Å². The summed E-state index contributed by atoms with van der Waals surface area (Å²) < 4.78 is 89.9. The number of carbonyl (C=O) groups excluding carboxylic acids is 2. The number of allylic oxidation sites excluding steroid dienone is 4. The normalized spacial score (nSPS) is 20.9. The molecule has 0 aromatic heterocycles. The van der Waals surface area contributed by atoms with Crippen LogP contribution in [0.25, 0.3) is 0 Å². The van der Waals surface area contributed by atoms with Crippen LogP contribution in [0.2, 0.25) is 5.02 Å². The maximum atomic E-state index is 13.7. The Morgan fingerprint density at radius 1 is 1.00 bits per heavy atom. The van der Waals surface area contributed by atoms with E-state index in [0.29, 0.717) is 0 Å². The first kappa shape index (κ1) is 30.9. The molecule has 1 saturated carbocycles. The predicted molar refractivity (Wildman–Crippen MR) is 139 cm³/mol. The van der Waals surface area contributed by atoms with Gasteiger partial charge < -0.3 is 10.6 Å². The molecule has 1 fully saturated rings. The number of carbonyl (C=O) groups is 2. The minimum absolute atomic E-state index is 0.0182. The number of hydrogen-bond acceptors (Lipinski definition) is 2. The van der Waals surface area contributed by atoms with E-state index in [2.05, 4.69) is 17.2 Å². The van der Waals surface area contributed by atoms with Gasteiger partial charge in [0.2, 0.25) is 5.91 Å². The Bertz CT molecular complexity index is 1420. The Morgan fingerprint density at radius 2 is 1.59 bits per heavy atom. The van der Waals surface area contributed by atoms with Crippen molar-refractivity contribution in [2.24, 2.45) is 5.92 Å². The Hall–Kier alpha value is -2.67. The summed E-state index contributed by atoms with van der Waals surface area (Å²) in [6, 6.07) is 5.59. The first-order valence-electron chi connectivity index (χ1n) is 10.6. The molecule has 0 aliphatic heterocycles. The van der Waals surface area contributed by atoms with Crippen LogP contribution >= 0.6 is 45.0 Å². The molecule has 0 saturated heterocycles. The molecule has 0 radical (unpaired) electrons. The largest absolute Gasteiger partial charge is 0.326 e. The fourth-order valence-electron chi connectivity index (χ4n) is 3.58. The third-order valence-corrected chi connectivity index (χ3v) is 7.95. The first-order chi connectivity index (χ1) is 17.6. The summed E-state index contributed by atoms with van der Waals surface area (Å²) in [7, 11) is -9.89. The summed E-state index contributed by atoms with van der Waals surface area (Å²) in [5.41, 5.74) is -0.631. The highest BCUT2D eigenvalue weighted by molar-refractivity contribution is 8.45. The lowest BCUT2D eigenvalue weighted by molar-refractivity contribution is -0.117. The number of alkyl halides is 2. The Labute approximate surface area is 233 Å². The molecule has 0 bridgehead atoms. The van der Waals surface area contributed by atoms with Crippen molar-refractivity contribution >= 4 is 62.5 Å². The maximum Gasteiger partial charge on any atom is 0.310 e. The molecule has 0 heterocycles. The smallest absolute Gasteiger partial charge is 0.310 e. The monoisotopic (exact) mass is 636 g/mol. The summed E-state index contributed by atoms with van der Waals surface area (Å²) in [4.78, 5) is 23.4. The van der Waals surface area contributed by atoms with Gasteiger partial charge in [0, 0.05) is 11.6 Å². The second kappa shape index (κ2) is 9.76. The van der Waals surface area contributed by atoms with Gasteiger partial charge in [0.15, 0.2) is 0 Å². The summed E-state index contributed by atoms with van der Waals surface area (Å²) >= 11 is 18.4. The van der Waals surface area contributed by atoms with Crippen LogP contribution in [0.4, 0.5) is 33.9 Å². The standard InChI is InChI=1S/C24H18Cl3F7N2O2S/c1-12(28)3-10-19(13(2)29)36-22(37)17-11-15(6-9-18(17)25)35-23(38)21-20(24(21,26)27)14-4-7-16(8-5-14)39(30,31,32,33)34/h3-11,20-21H,2H2,1H3,(H,35,38)(H,36,37)/b12-3+,19-10+. The van der Waals surface area contributed by atoms with Crippen LogP contribution in [0, 0.1) is 5.92 Å². The van der Waals surface area contributed by atoms with E-state index in [-0.39, 0.29) is 34.0 Å². The third kappa shape index (κ3) is 7.30. The summed E-state index contributed by atoms with van der Waals surface area (Å²) in [5, 5.41) is 4.52. The van der Waals surface area contributed by atoms with Gasteiger partial charge in [0.05, 0.1) is 28.0 Å². The molecule has 212 valence electrons. The highest BCUT2D eigenvalue weighted by Gasteiger charge is 2.68. The van der Waals surface area contributed by atoms with E-state index in [0.717, 1.165) is 37.3 Å². The summed E-state index contributed by atoms with van der Waals surface area (Å²) in [6.07, 6.45) is 1.82. The van der Waals surface area contributed by atoms with Crippen molar-refractivity contribution in [3.63, 3.8) is 0 Å². The zero-order valence-corrected chi connectivity index (χ0v) is 22.6. The Morgan fingerprint density at radius 3 is 2.10 bits per heavy atom. The van der Waals surface area contributed by atoms with Crippen molar-refractivity contribution in [1.82, 2.24) is 5.32 Å². The fourth-order valence-corrected chi connectivity index (χ4v) is 5.27. The SMILES string of the molecule is C=C(F)/C(=C\C=C(/C)F)NC(=O)c1cc(NC(=O)C2C(c3ccc(S(F)(F)(F)(F)F)cc3)C2(Cl)Cl)ccc1Cl. The number of halogens is 10. The van der Waals surface area contributed by atoms with Crippen LogP contribution in [0.3, 0.4) is 0 Å².